The molecule has 9 nitrogen and oxygen atoms in total. The molecule has 0 spiro atoms. The first kappa shape index (κ1) is 29.7. The van der Waals surface area contributed by atoms with Gasteiger partial charge in [-0.05, 0) is 19.4 Å². The minimum atomic E-state index is -0.158. The van der Waals surface area contributed by atoms with E-state index >= 15 is 0 Å². The fourth-order valence-electron chi connectivity index (χ4n) is 2.93. The van der Waals surface area contributed by atoms with Gasteiger partial charge in [-0.3, -0.25) is 14.5 Å². The summed E-state index contributed by atoms with van der Waals surface area (Å²) in [5.74, 6) is 0.288. The van der Waals surface area contributed by atoms with Gasteiger partial charge in [0.15, 0.2) is 0 Å². The van der Waals surface area contributed by atoms with Crippen molar-refractivity contribution in [1.29, 1.82) is 0 Å². The van der Waals surface area contributed by atoms with Gasteiger partial charge in [0, 0.05) is 26.6 Å². The highest BCUT2D eigenvalue weighted by atomic mass is 16.6. The van der Waals surface area contributed by atoms with Crippen LogP contribution < -0.4 is 10.6 Å². The Labute approximate surface area is 188 Å². The van der Waals surface area contributed by atoms with Crippen LogP contribution in [0, 0.1) is 5.92 Å². The van der Waals surface area contributed by atoms with Crippen molar-refractivity contribution in [3.05, 3.63) is 0 Å². The maximum absolute atomic E-state index is 12.0. The summed E-state index contributed by atoms with van der Waals surface area (Å²) in [6.45, 7) is 11.5. The Bertz CT molecular complexity index is 451. The smallest absolute Gasteiger partial charge is 0.237 e. The second-order valence-corrected chi connectivity index (χ2v) is 7.69. The number of nitrogens with zero attached hydrogens (tertiary/aromatic N) is 1. The van der Waals surface area contributed by atoms with Crippen molar-refractivity contribution in [1.82, 2.24) is 15.5 Å². The van der Waals surface area contributed by atoms with Crippen LogP contribution in [0.5, 0.6) is 0 Å². The maximum Gasteiger partial charge on any atom is 0.237 e. The summed E-state index contributed by atoms with van der Waals surface area (Å²) in [5.41, 5.74) is 0. The van der Waals surface area contributed by atoms with Crippen molar-refractivity contribution >= 4 is 11.8 Å². The van der Waals surface area contributed by atoms with Crippen molar-refractivity contribution in [2.24, 2.45) is 5.92 Å². The Hall–Kier alpha value is -1.26. The summed E-state index contributed by atoms with van der Waals surface area (Å²) in [7, 11) is 3.59. The number of hydrogen-bond donors (Lipinski definition) is 2. The van der Waals surface area contributed by atoms with Crippen LogP contribution in [-0.2, 0) is 28.5 Å². The fourth-order valence-corrected chi connectivity index (χ4v) is 2.93. The number of amides is 2. The normalized spacial score (nSPS) is 12.4. The molecule has 0 aromatic rings. The van der Waals surface area contributed by atoms with Gasteiger partial charge >= 0.3 is 0 Å². The third-order valence-corrected chi connectivity index (χ3v) is 4.65. The molecule has 0 heterocycles. The van der Waals surface area contributed by atoms with Gasteiger partial charge in [0.25, 0.3) is 0 Å². The summed E-state index contributed by atoms with van der Waals surface area (Å²) in [6, 6.07) is -0.158. The lowest BCUT2D eigenvalue weighted by Gasteiger charge is -2.29. The van der Waals surface area contributed by atoms with Crippen molar-refractivity contribution in [3.8, 4) is 0 Å². The second-order valence-electron chi connectivity index (χ2n) is 7.69. The molecule has 2 amide bonds. The van der Waals surface area contributed by atoms with Crippen LogP contribution in [0.3, 0.4) is 0 Å². The number of carbonyl (C=O) groups is 2. The van der Waals surface area contributed by atoms with Crippen LogP contribution in [0.2, 0.25) is 0 Å². The van der Waals surface area contributed by atoms with Crippen LogP contribution >= 0.6 is 0 Å². The van der Waals surface area contributed by atoms with E-state index in [1.807, 2.05) is 25.8 Å². The van der Waals surface area contributed by atoms with E-state index in [-0.39, 0.29) is 23.8 Å². The van der Waals surface area contributed by atoms with E-state index in [1.165, 1.54) is 0 Å². The Morgan fingerprint density at radius 1 is 0.871 bits per heavy atom. The van der Waals surface area contributed by atoms with E-state index in [0.29, 0.717) is 65.8 Å². The topological polar surface area (TPSA) is 98.4 Å². The van der Waals surface area contributed by atoms with Crippen molar-refractivity contribution < 1.29 is 28.5 Å². The SMILES string of the molecule is CCCCNC(=O)CCOCCOCCOCCOCCN(C)[C@H](C(=O)NC)C(C)C. The van der Waals surface area contributed by atoms with Crippen molar-refractivity contribution in [2.45, 2.75) is 46.1 Å². The molecule has 0 saturated carbocycles. The Balaban J connectivity index is 3.43. The summed E-state index contributed by atoms with van der Waals surface area (Å²) in [5, 5.41) is 5.57. The predicted molar refractivity (Wildman–Crippen MR) is 121 cm³/mol. The summed E-state index contributed by atoms with van der Waals surface area (Å²) in [4.78, 5) is 25.4. The van der Waals surface area contributed by atoms with Crippen molar-refractivity contribution in [2.75, 3.05) is 80.0 Å². The molecule has 0 saturated heterocycles. The Kier molecular flexibility index (Phi) is 19.8. The second kappa shape index (κ2) is 20.6. The van der Waals surface area contributed by atoms with Gasteiger partial charge in [0.1, 0.15) is 0 Å². The van der Waals surface area contributed by atoms with E-state index in [2.05, 4.69) is 17.6 Å². The zero-order chi connectivity index (χ0) is 23.3. The van der Waals surface area contributed by atoms with E-state index in [9.17, 15) is 9.59 Å². The molecule has 0 aliphatic carbocycles. The van der Waals surface area contributed by atoms with Crippen LogP contribution in [0.1, 0.15) is 40.0 Å². The molecule has 0 bridgehead atoms. The molecular formula is C22H45N3O6. The highest BCUT2D eigenvalue weighted by Crippen LogP contribution is 2.09. The first-order valence-corrected chi connectivity index (χ1v) is 11.4. The lowest BCUT2D eigenvalue weighted by Crippen LogP contribution is -2.48. The quantitative estimate of drug-likeness (QED) is 0.254. The van der Waals surface area contributed by atoms with Gasteiger partial charge < -0.3 is 29.6 Å². The highest BCUT2D eigenvalue weighted by Gasteiger charge is 2.25. The molecular weight excluding hydrogens is 402 g/mol. The summed E-state index contributed by atoms with van der Waals surface area (Å²) in [6.07, 6.45) is 2.46. The molecule has 0 rings (SSSR count). The molecule has 0 radical (unpaired) electrons. The van der Waals surface area contributed by atoms with E-state index in [0.717, 1.165) is 19.4 Å². The molecule has 0 aromatic heterocycles. The number of ether oxygens (including phenoxy) is 4. The molecule has 2 N–H and O–H groups in total. The summed E-state index contributed by atoms with van der Waals surface area (Å²) < 4.78 is 21.8. The third kappa shape index (κ3) is 17.0. The minimum Gasteiger partial charge on any atom is -0.379 e. The van der Waals surface area contributed by atoms with Crippen LogP contribution in [-0.4, -0.2) is 103 Å². The van der Waals surface area contributed by atoms with Crippen LogP contribution in [0.25, 0.3) is 0 Å². The molecule has 31 heavy (non-hydrogen) atoms. The number of unbranched alkanes of at least 4 members (excludes halogenated alkanes) is 1. The first-order valence-electron chi connectivity index (χ1n) is 11.4. The molecule has 0 fully saturated rings. The number of rotatable bonds is 21. The van der Waals surface area contributed by atoms with E-state index in [1.54, 1.807) is 7.05 Å². The maximum atomic E-state index is 12.0. The fraction of sp³-hybridized carbons (Fsp3) is 0.909. The zero-order valence-electron chi connectivity index (χ0n) is 20.2. The molecule has 0 aliphatic heterocycles. The third-order valence-electron chi connectivity index (χ3n) is 4.65. The Morgan fingerprint density at radius 3 is 1.87 bits per heavy atom. The van der Waals surface area contributed by atoms with Crippen LogP contribution in [0.4, 0.5) is 0 Å². The molecule has 1 atom stereocenters. The number of hydrogen-bond acceptors (Lipinski definition) is 7. The largest absolute Gasteiger partial charge is 0.379 e. The molecule has 0 unspecified atom stereocenters. The monoisotopic (exact) mass is 447 g/mol. The van der Waals surface area contributed by atoms with Gasteiger partial charge in [-0.25, -0.2) is 0 Å². The number of nitrogens with one attached hydrogen (secondary N) is 2. The van der Waals surface area contributed by atoms with Gasteiger partial charge in [0.2, 0.25) is 11.8 Å². The Morgan fingerprint density at radius 2 is 1.39 bits per heavy atom. The van der Waals surface area contributed by atoms with Crippen LogP contribution in [0.15, 0.2) is 0 Å². The lowest BCUT2D eigenvalue weighted by atomic mass is 10.0. The molecule has 0 aromatic carbocycles. The molecule has 9 heteroatoms. The standard InChI is InChI=1S/C22H45N3O6/c1-6-7-9-24-20(26)8-11-28-13-15-30-17-18-31-16-14-29-12-10-25(5)21(19(2)3)22(27)23-4/h19,21H,6-18H2,1-5H3,(H,23,27)(H,24,26)/t21-/m0/s1. The number of carbonyl (C=O) groups excluding carboxylic acids is 2. The van der Waals surface area contributed by atoms with Crippen molar-refractivity contribution in [3.63, 3.8) is 0 Å². The van der Waals surface area contributed by atoms with Gasteiger partial charge in [-0.15, -0.1) is 0 Å². The number of likely N-dealkylation sites (N-methyl/N-ethyl adjacent to an activating group) is 2. The highest BCUT2D eigenvalue weighted by molar-refractivity contribution is 5.81. The van der Waals surface area contributed by atoms with Gasteiger partial charge in [0.05, 0.1) is 58.9 Å². The molecule has 184 valence electrons. The average molecular weight is 448 g/mol. The predicted octanol–water partition coefficient (Wildman–Crippen LogP) is 1.06. The van der Waals surface area contributed by atoms with Gasteiger partial charge in [-0.1, -0.05) is 27.2 Å². The van der Waals surface area contributed by atoms with E-state index in [4.69, 9.17) is 18.9 Å². The molecule has 0 aliphatic rings. The average Bonchev–Trinajstić information content (AvgIpc) is 2.73. The first-order chi connectivity index (χ1) is 14.9. The van der Waals surface area contributed by atoms with E-state index < -0.39 is 0 Å². The van der Waals surface area contributed by atoms with Gasteiger partial charge in [-0.2, -0.15) is 0 Å². The lowest BCUT2D eigenvalue weighted by molar-refractivity contribution is -0.127. The minimum absolute atomic E-state index is 0.0270. The zero-order valence-corrected chi connectivity index (χ0v) is 20.2. The summed E-state index contributed by atoms with van der Waals surface area (Å²) >= 11 is 0.